The van der Waals surface area contributed by atoms with Gasteiger partial charge in [-0.05, 0) is 38.1 Å². The minimum atomic E-state index is 0.465. The lowest BCUT2D eigenvalue weighted by molar-refractivity contribution is 0.148. The van der Waals surface area contributed by atoms with Gasteiger partial charge in [0.2, 0.25) is 5.88 Å². The highest BCUT2D eigenvalue weighted by Gasteiger charge is 2.22. The van der Waals surface area contributed by atoms with E-state index in [1.807, 2.05) is 48.1 Å². The van der Waals surface area contributed by atoms with Gasteiger partial charge >= 0.3 is 0 Å². The van der Waals surface area contributed by atoms with Crippen molar-refractivity contribution in [1.29, 1.82) is 0 Å². The first kappa shape index (κ1) is 22.2. The summed E-state index contributed by atoms with van der Waals surface area (Å²) in [4.78, 5) is 20.0. The van der Waals surface area contributed by atoms with E-state index in [1.165, 1.54) is 6.42 Å². The molecule has 1 saturated heterocycles. The van der Waals surface area contributed by atoms with E-state index < -0.39 is 0 Å². The highest BCUT2D eigenvalue weighted by molar-refractivity contribution is 5.87. The van der Waals surface area contributed by atoms with Crippen molar-refractivity contribution in [1.82, 2.24) is 34.0 Å². The number of aryl methyl sites for hydroxylation is 1. The first-order chi connectivity index (χ1) is 17.6. The largest absolute Gasteiger partial charge is 0.476 e. The van der Waals surface area contributed by atoms with Crippen LogP contribution in [0, 0.1) is 12.5 Å². The average molecular weight is 479 g/mol. The molecule has 5 aromatic rings. The lowest BCUT2D eigenvalue weighted by atomic mass is 10.00. The molecule has 0 radical (unpaired) electrons. The van der Waals surface area contributed by atoms with Crippen LogP contribution in [0.3, 0.4) is 0 Å². The summed E-state index contributed by atoms with van der Waals surface area (Å²) in [6.07, 6.45) is 9.57. The first-order valence-electron chi connectivity index (χ1n) is 12.0. The molecule has 4 aromatic heterocycles. The van der Waals surface area contributed by atoms with Gasteiger partial charge in [-0.2, -0.15) is 5.10 Å². The fourth-order valence-corrected chi connectivity index (χ4v) is 5.01. The van der Waals surface area contributed by atoms with Crippen molar-refractivity contribution in [2.24, 2.45) is 13.0 Å². The molecule has 6 rings (SSSR count). The number of aromatic nitrogens is 6. The molecule has 9 heteroatoms. The monoisotopic (exact) mass is 478 g/mol. The third kappa shape index (κ3) is 3.95. The van der Waals surface area contributed by atoms with E-state index in [4.69, 9.17) is 16.3 Å². The van der Waals surface area contributed by atoms with E-state index in [0.717, 1.165) is 58.6 Å². The van der Waals surface area contributed by atoms with Gasteiger partial charge in [-0.1, -0.05) is 24.3 Å². The lowest BCUT2D eigenvalue weighted by Gasteiger charge is -2.29. The molecule has 0 amide bonds. The Balaban J connectivity index is 1.49. The number of likely N-dealkylation sites (tertiary alicyclic amines) is 1. The Bertz CT molecular complexity index is 1590. The van der Waals surface area contributed by atoms with Crippen LogP contribution < -0.4 is 4.74 Å². The molecule has 1 atom stereocenters. The van der Waals surface area contributed by atoms with Crippen molar-refractivity contribution in [3.8, 4) is 28.4 Å². The summed E-state index contributed by atoms with van der Waals surface area (Å²) in [7, 11) is 4.04. The summed E-state index contributed by atoms with van der Waals surface area (Å²) < 4.78 is 10.1. The van der Waals surface area contributed by atoms with E-state index in [1.54, 1.807) is 17.2 Å². The normalized spacial score (nSPS) is 16.4. The SMILES string of the molecule is [C-]#[N+]c1ccc(-c2nc(OC[C@@H]3CCCN(C)C3)c3cncn3c2-c2cnc3c(cnn3C)c2)cc1. The van der Waals surface area contributed by atoms with Crippen LogP contribution in [-0.2, 0) is 7.05 Å². The second-order valence-corrected chi connectivity index (χ2v) is 9.41. The molecule has 1 fully saturated rings. The zero-order valence-electron chi connectivity index (χ0n) is 20.3. The lowest BCUT2D eigenvalue weighted by Crippen LogP contribution is -2.34. The molecule has 1 aliphatic heterocycles. The van der Waals surface area contributed by atoms with Crippen molar-refractivity contribution >= 4 is 22.2 Å². The van der Waals surface area contributed by atoms with Crippen LogP contribution >= 0.6 is 0 Å². The van der Waals surface area contributed by atoms with Crippen LogP contribution in [0.4, 0.5) is 5.69 Å². The molecule has 180 valence electrons. The van der Waals surface area contributed by atoms with E-state index in [0.29, 0.717) is 24.1 Å². The fourth-order valence-electron chi connectivity index (χ4n) is 5.01. The highest BCUT2D eigenvalue weighted by atomic mass is 16.5. The van der Waals surface area contributed by atoms with Crippen molar-refractivity contribution in [3.05, 3.63) is 66.7 Å². The molecule has 0 bridgehead atoms. The van der Waals surface area contributed by atoms with Gasteiger partial charge < -0.3 is 9.64 Å². The number of benzene rings is 1. The van der Waals surface area contributed by atoms with E-state index in [2.05, 4.69) is 37.9 Å². The second-order valence-electron chi connectivity index (χ2n) is 9.41. The van der Waals surface area contributed by atoms with Gasteiger partial charge in [-0.3, -0.25) is 9.08 Å². The van der Waals surface area contributed by atoms with Crippen LogP contribution in [0.5, 0.6) is 5.88 Å². The minimum Gasteiger partial charge on any atom is -0.476 e. The van der Waals surface area contributed by atoms with Crippen molar-refractivity contribution in [3.63, 3.8) is 0 Å². The number of ether oxygens (including phenoxy) is 1. The maximum absolute atomic E-state index is 7.32. The predicted molar refractivity (Wildman–Crippen MR) is 138 cm³/mol. The number of hydrogen-bond acceptors (Lipinski definition) is 6. The summed E-state index contributed by atoms with van der Waals surface area (Å²) in [5, 5.41) is 5.28. The maximum Gasteiger partial charge on any atom is 0.240 e. The Hall–Kier alpha value is -4.29. The molecule has 0 saturated carbocycles. The number of fused-ring (bicyclic) bond motifs is 2. The Morgan fingerprint density at radius 1 is 1.11 bits per heavy atom. The Kier molecular flexibility index (Phi) is 5.58. The zero-order chi connectivity index (χ0) is 24.6. The Labute approximate surface area is 208 Å². The third-order valence-corrected chi connectivity index (χ3v) is 6.83. The van der Waals surface area contributed by atoms with Gasteiger partial charge in [0.15, 0.2) is 11.3 Å². The van der Waals surface area contributed by atoms with Crippen molar-refractivity contribution < 1.29 is 4.74 Å². The molecular weight excluding hydrogens is 452 g/mol. The highest BCUT2D eigenvalue weighted by Crippen LogP contribution is 2.36. The van der Waals surface area contributed by atoms with Crippen molar-refractivity contribution in [2.45, 2.75) is 12.8 Å². The molecule has 0 spiro atoms. The minimum absolute atomic E-state index is 0.465. The molecule has 1 aromatic carbocycles. The van der Waals surface area contributed by atoms with Gasteiger partial charge in [0.05, 0.1) is 43.3 Å². The van der Waals surface area contributed by atoms with Crippen LogP contribution in [0.15, 0.2) is 55.2 Å². The molecule has 5 heterocycles. The predicted octanol–water partition coefficient (Wildman–Crippen LogP) is 4.62. The quantitative estimate of drug-likeness (QED) is 0.343. The molecule has 9 nitrogen and oxygen atoms in total. The number of hydrogen-bond donors (Lipinski definition) is 0. The standard InChI is InChI=1S/C27H26N8O/c1-28-22-8-6-19(7-9-22)24-25(20-11-21-13-31-34(3)26(21)30-12-20)35-17-29-14-23(35)27(32-24)36-16-18-5-4-10-33(2)15-18/h6-9,11-14,17-18H,4-5,10,15-16H2,2-3H3/t18-/m1/s1. The van der Waals surface area contributed by atoms with Crippen LogP contribution in [0.25, 0.3) is 43.9 Å². The smallest absolute Gasteiger partial charge is 0.240 e. The van der Waals surface area contributed by atoms with E-state index in [-0.39, 0.29) is 0 Å². The van der Waals surface area contributed by atoms with E-state index in [9.17, 15) is 0 Å². The number of piperidine rings is 1. The number of pyridine rings is 1. The molecule has 0 unspecified atom stereocenters. The number of nitrogens with zero attached hydrogens (tertiary/aromatic N) is 8. The molecule has 1 aliphatic rings. The summed E-state index contributed by atoms with van der Waals surface area (Å²) in [6, 6.07) is 9.55. The molecular formula is C27H26N8O. The summed E-state index contributed by atoms with van der Waals surface area (Å²) in [5.74, 6) is 1.02. The number of rotatable bonds is 5. The molecule has 0 N–H and O–H groups in total. The second kappa shape index (κ2) is 9.06. The maximum atomic E-state index is 7.32. The summed E-state index contributed by atoms with van der Waals surface area (Å²) in [5.41, 5.74) is 5.60. The Morgan fingerprint density at radius 2 is 1.97 bits per heavy atom. The van der Waals surface area contributed by atoms with Gasteiger partial charge in [-0.25, -0.2) is 19.8 Å². The topological polar surface area (TPSA) is 77.7 Å². The van der Waals surface area contributed by atoms with Crippen LogP contribution in [0.1, 0.15) is 12.8 Å². The fraction of sp³-hybridized carbons (Fsp3) is 0.296. The van der Waals surface area contributed by atoms with Crippen LogP contribution in [-0.4, -0.2) is 60.8 Å². The number of imidazole rings is 1. The summed E-state index contributed by atoms with van der Waals surface area (Å²) in [6.45, 7) is 10.1. The van der Waals surface area contributed by atoms with Gasteiger partial charge in [0.25, 0.3) is 0 Å². The molecule has 0 aliphatic carbocycles. The first-order valence-corrected chi connectivity index (χ1v) is 12.0. The van der Waals surface area contributed by atoms with Gasteiger partial charge in [0, 0.05) is 36.7 Å². The summed E-state index contributed by atoms with van der Waals surface area (Å²) >= 11 is 0. The van der Waals surface area contributed by atoms with Gasteiger partial charge in [-0.15, -0.1) is 0 Å². The van der Waals surface area contributed by atoms with Gasteiger partial charge in [0.1, 0.15) is 5.52 Å². The average Bonchev–Trinajstić information content (AvgIpc) is 3.54. The van der Waals surface area contributed by atoms with Crippen molar-refractivity contribution in [2.75, 3.05) is 26.7 Å². The zero-order valence-corrected chi connectivity index (χ0v) is 20.3. The van der Waals surface area contributed by atoms with Crippen LogP contribution in [0.2, 0.25) is 0 Å². The Morgan fingerprint density at radius 3 is 2.78 bits per heavy atom. The third-order valence-electron chi connectivity index (χ3n) is 6.83. The molecule has 36 heavy (non-hydrogen) atoms. The van der Waals surface area contributed by atoms with E-state index >= 15 is 0 Å².